The van der Waals surface area contributed by atoms with E-state index in [9.17, 15) is 18.4 Å². The number of aryl methyl sites for hydroxylation is 3. The van der Waals surface area contributed by atoms with Crippen molar-refractivity contribution in [2.75, 3.05) is 6.61 Å². The Morgan fingerprint density at radius 2 is 1.82 bits per heavy atom. The molecule has 3 aromatic rings. The summed E-state index contributed by atoms with van der Waals surface area (Å²) in [5, 5.41) is 6.71. The van der Waals surface area contributed by atoms with Crippen LogP contribution in [0.1, 0.15) is 63.8 Å². The molecule has 3 N–H and O–H groups in total. The van der Waals surface area contributed by atoms with Crippen LogP contribution in [0.4, 0.5) is 8.78 Å². The third-order valence-electron chi connectivity index (χ3n) is 4.42. The Hall–Kier alpha value is -3.80. The van der Waals surface area contributed by atoms with Gasteiger partial charge < -0.3 is 9.15 Å². The summed E-state index contributed by atoms with van der Waals surface area (Å²) in [6, 6.07) is 3.23. The molecule has 0 saturated carbocycles. The number of halogens is 2. The first-order valence-corrected chi connectivity index (χ1v) is 9.93. The van der Waals surface area contributed by atoms with E-state index in [4.69, 9.17) is 15.0 Å². The lowest BCUT2D eigenvalue weighted by Gasteiger charge is -2.05. The van der Waals surface area contributed by atoms with Crippen LogP contribution in [-0.2, 0) is 11.2 Å². The average molecular weight is 462 g/mol. The molecule has 33 heavy (non-hydrogen) atoms. The first-order chi connectivity index (χ1) is 15.7. The van der Waals surface area contributed by atoms with Crippen molar-refractivity contribution in [2.24, 2.45) is 5.84 Å². The molecular formula is C21H24F2N6O4. The molecule has 3 heterocycles. The Morgan fingerprint density at radius 3 is 2.39 bits per heavy atom. The number of hydrogen-bond acceptors (Lipinski definition) is 9. The number of pyridine rings is 2. The lowest BCUT2D eigenvalue weighted by Crippen LogP contribution is -2.30. The Kier molecular flexibility index (Phi) is 9.04. The van der Waals surface area contributed by atoms with Crippen LogP contribution in [0.15, 0.2) is 28.9 Å². The van der Waals surface area contributed by atoms with Crippen molar-refractivity contribution in [3.8, 4) is 11.5 Å². The molecule has 0 aliphatic heterocycles. The largest absolute Gasteiger partial charge is 0.462 e. The molecule has 176 valence electrons. The predicted molar refractivity (Wildman–Crippen MR) is 113 cm³/mol. The lowest BCUT2D eigenvalue weighted by molar-refractivity contribution is 0.0524. The molecule has 0 aliphatic carbocycles. The lowest BCUT2D eigenvalue weighted by atomic mass is 10.1. The summed E-state index contributed by atoms with van der Waals surface area (Å²) >= 11 is 0. The van der Waals surface area contributed by atoms with Crippen molar-refractivity contribution in [1.29, 1.82) is 0 Å². The second-order valence-corrected chi connectivity index (χ2v) is 6.62. The SMILES string of the molecule is CCOC(=O)c1cc(-c2nnc(C(F)F)o2)cnc1C.CCc1cc(C(=O)NN)cnc1C. The third-order valence-corrected chi connectivity index (χ3v) is 4.42. The van der Waals surface area contributed by atoms with Crippen LogP contribution in [-0.4, -0.2) is 38.6 Å². The van der Waals surface area contributed by atoms with Crippen molar-refractivity contribution >= 4 is 11.9 Å². The highest BCUT2D eigenvalue weighted by molar-refractivity contribution is 5.93. The summed E-state index contributed by atoms with van der Waals surface area (Å²) < 4.78 is 34.4. The van der Waals surface area contributed by atoms with Crippen LogP contribution >= 0.6 is 0 Å². The number of ether oxygens (including phenoxy) is 1. The number of alkyl halides is 2. The molecule has 0 unspecified atom stereocenters. The zero-order chi connectivity index (χ0) is 24.5. The maximum atomic E-state index is 12.4. The number of aromatic nitrogens is 4. The number of nitrogen functional groups attached to an aromatic ring is 1. The molecule has 0 aromatic carbocycles. The van der Waals surface area contributed by atoms with Crippen LogP contribution in [0.2, 0.25) is 0 Å². The second kappa shape index (κ2) is 11.7. The van der Waals surface area contributed by atoms with Gasteiger partial charge in [-0.15, -0.1) is 10.2 Å². The van der Waals surface area contributed by atoms with E-state index in [0.717, 1.165) is 17.7 Å². The fourth-order valence-electron chi connectivity index (χ4n) is 2.65. The van der Waals surface area contributed by atoms with Crippen molar-refractivity contribution < 1.29 is 27.5 Å². The summed E-state index contributed by atoms with van der Waals surface area (Å²) in [6.07, 6.45) is 0.904. The first kappa shape index (κ1) is 25.5. The number of carbonyl (C=O) groups is 2. The molecule has 3 rings (SSSR count). The van der Waals surface area contributed by atoms with Gasteiger partial charge in [0, 0.05) is 18.1 Å². The monoisotopic (exact) mass is 462 g/mol. The third kappa shape index (κ3) is 6.59. The second-order valence-electron chi connectivity index (χ2n) is 6.62. The highest BCUT2D eigenvalue weighted by Gasteiger charge is 2.19. The maximum Gasteiger partial charge on any atom is 0.339 e. The van der Waals surface area contributed by atoms with Crippen LogP contribution in [0, 0.1) is 13.8 Å². The van der Waals surface area contributed by atoms with Gasteiger partial charge in [-0.2, -0.15) is 8.78 Å². The Labute approximate surface area is 188 Å². The Bertz CT molecular complexity index is 1120. The van der Waals surface area contributed by atoms with E-state index in [2.05, 4.69) is 25.6 Å². The maximum absolute atomic E-state index is 12.4. The number of nitrogens with zero attached hydrogens (tertiary/aromatic N) is 4. The van der Waals surface area contributed by atoms with E-state index in [1.54, 1.807) is 13.8 Å². The van der Waals surface area contributed by atoms with E-state index in [1.807, 2.05) is 19.9 Å². The van der Waals surface area contributed by atoms with Crippen molar-refractivity contribution in [1.82, 2.24) is 25.6 Å². The van der Waals surface area contributed by atoms with Crippen molar-refractivity contribution in [3.05, 3.63) is 58.5 Å². The summed E-state index contributed by atoms with van der Waals surface area (Å²) in [6.45, 7) is 7.47. The molecule has 10 nitrogen and oxygen atoms in total. The normalized spacial score (nSPS) is 10.4. The van der Waals surface area contributed by atoms with Gasteiger partial charge in [0.25, 0.3) is 11.8 Å². The zero-order valence-electron chi connectivity index (χ0n) is 18.6. The van der Waals surface area contributed by atoms with Crippen LogP contribution in [0.5, 0.6) is 0 Å². The van der Waals surface area contributed by atoms with Gasteiger partial charge in [-0.3, -0.25) is 20.2 Å². The summed E-state index contributed by atoms with van der Waals surface area (Å²) in [5.41, 5.74) is 5.56. The van der Waals surface area contributed by atoms with E-state index in [-0.39, 0.29) is 29.5 Å². The molecule has 0 bridgehead atoms. The Balaban J connectivity index is 0.000000257. The van der Waals surface area contributed by atoms with Crippen LogP contribution < -0.4 is 11.3 Å². The molecular weight excluding hydrogens is 438 g/mol. The van der Waals surface area contributed by atoms with Gasteiger partial charge in [-0.1, -0.05) is 6.92 Å². The van der Waals surface area contributed by atoms with Gasteiger partial charge in [-0.05, 0) is 44.9 Å². The predicted octanol–water partition coefficient (Wildman–Crippen LogP) is 3.11. The molecule has 1 amide bonds. The topological polar surface area (TPSA) is 146 Å². The van der Waals surface area contributed by atoms with E-state index in [0.29, 0.717) is 11.3 Å². The van der Waals surface area contributed by atoms with Crippen LogP contribution in [0.25, 0.3) is 11.5 Å². The fourth-order valence-corrected chi connectivity index (χ4v) is 2.65. The summed E-state index contributed by atoms with van der Waals surface area (Å²) in [5.74, 6) is 3.25. The number of hydrogen-bond donors (Lipinski definition) is 2. The minimum Gasteiger partial charge on any atom is -0.462 e. The molecule has 0 aliphatic rings. The molecule has 0 radical (unpaired) electrons. The molecule has 3 aromatic heterocycles. The number of carbonyl (C=O) groups excluding carboxylic acids is 2. The number of nitrogens with two attached hydrogens (primary N) is 1. The number of nitrogens with one attached hydrogen (secondary N) is 1. The summed E-state index contributed by atoms with van der Waals surface area (Å²) in [4.78, 5) is 30.9. The minimum absolute atomic E-state index is 0.127. The summed E-state index contributed by atoms with van der Waals surface area (Å²) in [7, 11) is 0. The average Bonchev–Trinajstić information content (AvgIpc) is 3.30. The molecule has 12 heteroatoms. The fraction of sp³-hybridized carbons (Fsp3) is 0.333. The number of esters is 1. The number of amides is 1. The Morgan fingerprint density at radius 1 is 1.12 bits per heavy atom. The first-order valence-electron chi connectivity index (χ1n) is 9.93. The van der Waals surface area contributed by atoms with E-state index in [1.165, 1.54) is 18.5 Å². The highest BCUT2D eigenvalue weighted by Crippen LogP contribution is 2.24. The highest BCUT2D eigenvalue weighted by atomic mass is 19.3. The molecule has 0 fully saturated rings. The van der Waals surface area contributed by atoms with Gasteiger partial charge in [0.2, 0.25) is 5.89 Å². The number of rotatable bonds is 6. The minimum atomic E-state index is -2.85. The van der Waals surface area contributed by atoms with Gasteiger partial charge in [-0.25, -0.2) is 10.6 Å². The quantitative estimate of drug-likeness (QED) is 0.244. The smallest absolute Gasteiger partial charge is 0.339 e. The zero-order valence-corrected chi connectivity index (χ0v) is 18.6. The van der Waals surface area contributed by atoms with Gasteiger partial charge in [0.05, 0.1) is 29.0 Å². The van der Waals surface area contributed by atoms with Crippen molar-refractivity contribution in [3.63, 3.8) is 0 Å². The van der Waals surface area contributed by atoms with Gasteiger partial charge in [0.15, 0.2) is 0 Å². The van der Waals surface area contributed by atoms with Crippen LogP contribution in [0.3, 0.4) is 0 Å². The molecule has 0 atom stereocenters. The van der Waals surface area contributed by atoms with Gasteiger partial charge in [0.1, 0.15) is 0 Å². The van der Waals surface area contributed by atoms with Gasteiger partial charge >= 0.3 is 12.4 Å². The van der Waals surface area contributed by atoms with E-state index < -0.39 is 18.3 Å². The molecule has 0 saturated heterocycles. The van der Waals surface area contributed by atoms with E-state index >= 15 is 0 Å². The standard InChI is InChI=1S/C12H11F2N3O3.C9H13N3O/c1-3-19-12(18)8-4-7(5-15-6(8)2)10-16-17-11(20-10)9(13)14;1-3-7-4-8(9(13)12-10)5-11-6(7)2/h4-5,9H,3H2,1-2H3;4-5H,3,10H2,1-2H3,(H,12,13). The number of hydrazine groups is 1. The molecule has 0 spiro atoms. The van der Waals surface area contributed by atoms with Crippen molar-refractivity contribution in [2.45, 2.75) is 40.5 Å².